The molecule has 2 N–H and O–H groups in total. The van der Waals surface area contributed by atoms with E-state index in [0.29, 0.717) is 12.5 Å². The van der Waals surface area contributed by atoms with Gasteiger partial charge < -0.3 is 9.84 Å². The van der Waals surface area contributed by atoms with Crippen molar-refractivity contribution in [3.05, 3.63) is 12.3 Å². The number of rotatable bonds is 7. The van der Waals surface area contributed by atoms with Crippen molar-refractivity contribution in [2.75, 3.05) is 18.7 Å². The van der Waals surface area contributed by atoms with E-state index >= 15 is 0 Å². The second-order valence-electron chi connectivity index (χ2n) is 2.85. The Morgan fingerprint density at radius 2 is 2.44 bits per heavy atom. The number of nitrogens with one attached hydrogen (secondary N) is 1. The summed E-state index contributed by atoms with van der Waals surface area (Å²) in [6, 6.07) is 1.61. The maximum absolute atomic E-state index is 10.2. The van der Waals surface area contributed by atoms with Gasteiger partial charge in [-0.1, -0.05) is 6.92 Å². The molecule has 0 fully saturated rings. The van der Waals surface area contributed by atoms with Crippen molar-refractivity contribution >= 4 is 11.9 Å². The minimum Gasteiger partial charge on any atom is -0.479 e. The maximum Gasteiger partial charge on any atom is 0.332 e. The highest BCUT2D eigenvalue weighted by Gasteiger charge is 2.01. The Balaban J connectivity index is 2.43. The van der Waals surface area contributed by atoms with Crippen molar-refractivity contribution in [3.8, 4) is 5.88 Å². The Labute approximate surface area is 92.4 Å². The van der Waals surface area contributed by atoms with Crippen LogP contribution in [0.15, 0.2) is 12.3 Å². The number of nitrogens with zero attached hydrogens (tertiary/aromatic N) is 2. The number of aliphatic carboxylic acids is 1. The first-order chi connectivity index (χ1) is 7.72. The predicted octanol–water partition coefficient (Wildman–Crippen LogP) is 0.694. The van der Waals surface area contributed by atoms with Crippen LogP contribution in [0, 0.1) is 0 Å². The second kappa shape index (κ2) is 6.57. The van der Waals surface area contributed by atoms with Crippen LogP contribution in [0.4, 0.5) is 5.95 Å². The van der Waals surface area contributed by atoms with E-state index in [4.69, 9.17) is 9.84 Å². The molecule has 1 aromatic rings. The van der Waals surface area contributed by atoms with Gasteiger partial charge in [-0.15, -0.1) is 0 Å². The van der Waals surface area contributed by atoms with E-state index in [1.807, 2.05) is 6.92 Å². The topological polar surface area (TPSA) is 93.6 Å². The number of hydrogen-bond acceptors (Lipinski definition) is 6. The molecule has 7 heteroatoms. The molecule has 7 nitrogen and oxygen atoms in total. The zero-order valence-corrected chi connectivity index (χ0v) is 8.84. The summed E-state index contributed by atoms with van der Waals surface area (Å²) in [4.78, 5) is 22.5. The lowest BCUT2D eigenvalue weighted by Gasteiger charge is -2.06. The smallest absolute Gasteiger partial charge is 0.332 e. The summed E-state index contributed by atoms with van der Waals surface area (Å²) < 4.78 is 5.26. The number of hydrogen-bond donors (Lipinski definition) is 2. The quantitative estimate of drug-likeness (QED) is 0.662. The molecule has 0 aromatic carbocycles. The third-order valence-electron chi connectivity index (χ3n) is 1.44. The third-order valence-corrected chi connectivity index (χ3v) is 1.44. The van der Waals surface area contributed by atoms with Crippen LogP contribution in [-0.2, 0) is 9.63 Å². The molecule has 0 saturated carbocycles. The monoisotopic (exact) mass is 227 g/mol. The molecule has 88 valence electrons. The zero-order valence-electron chi connectivity index (χ0n) is 8.84. The number of carboxylic acid groups (broad SMARTS) is 1. The van der Waals surface area contributed by atoms with Crippen LogP contribution in [0.25, 0.3) is 0 Å². The van der Waals surface area contributed by atoms with Crippen molar-refractivity contribution in [1.29, 1.82) is 0 Å². The van der Waals surface area contributed by atoms with Crippen LogP contribution in [-0.4, -0.2) is 34.3 Å². The van der Waals surface area contributed by atoms with Crippen molar-refractivity contribution in [1.82, 2.24) is 9.97 Å². The van der Waals surface area contributed by atoms with E-state index in [0.717, 1.165) is 6.42 Å². The Kier molecular flexibility index (Phi) is 5.00. The Hall–Kier alpha value is -1.89. The summed E-state index contributed by atoms with van der Waals surface area (Å²) in [6.07, 6.45) is 2.37. The van der Waals surface area contributed by atoms with Gasteiger partial charge >= 0.3 is 5.97 Å². The third kappa shape index (κ3) is 4.56. The van der Waals surface area contributed by atoms with E-state index in [9.17, 15) is 4.79 Å². The van der Waals surface area contributed by atoms with E-state index in [1.54, 1.807) is 6.07 Å². The molecule has 0 saturated heterocycles. The van der Waals surface area contributed by atoms with Gasteiger partial charge in [-0.25, -0.2) is 15.3 Å². The molecule has 0 amide bonds. The van der Waals surface area contributed by atoms with Crippen LogP contribution < -0.4 is 10.2 Å². The number of anilines is 1. The molecule has 1 heterocycles. The van der Waals surface area contributed by atoms with Crippen LogP contribution in [0.1, 0.15) is 13.3 Å². The molecule has 0 bridgehead atoms. The minimum atomic E-state index is -1.08. The Bertz CT molecular complexity index is 345. The summed E-state index contributed by atoms with van der Waals surface area (Å²) in [6.45, 7) is 2.08. The highest BCUT2D eigenvalue weighted by Crippen LogP contribution is 2.08. The Morgan fingerprint density at radius 1 is 1.62 bits per heavy atom. The molecule has 0 radical (unpaired) electrons. The number of aromatic nitrogens is 2. The summed E-state index contributed by atoms with van der Waals surface area (Å²) >= 11 is 0. The predicted molar refractivity (Wildman–Crippen MR) is 55.0 cm³/mol. The largest absolute Gasteiger partial charge is 0.479 e. The first-order valence-corrected chi connectivity index (χ1v) is 4.78. The molecule has 1 rings (SSSR count). The van der Waals surface area contributed by atoms with Gasteiger partial charge in [-0.2, -0.15) is 4.98 Å². The summed E-state index contributed by atoms with van der Waals surface area (Å²) in [5, 5.41) is 8.33. The van der Waals surface area contributed by atoms with E-state index in [-0.39, 0.29) is 5.95 Å². The first kappa shape index (κ1) is 12.2. The molecule has 0 aliphatic carbocycles. The van der Waals surface area contributed by atoms with Gasteiger partial charge in [0, 0.05) is 12.3 Å². The van der Waals surface area contributed by atoms with Gasteiger partial charge in [-0.05, 0) is 6.42 Å². The summed E-state index contributed by atoms with van der Waals surface area (Å²) in [5.41, 5.74) is 2.31. The van der Waals surface area contributed by atoms with Gasteiger partial charge in [-0.3, -0.25) is 4.84 Å². The van der Waals surface area contributed by atoms with Crippen molar-refractivity contribution in [2.45, 2.75) is 13.3 Å². The number of carbonyl (C=O) groups is 1. The normalized spacial score (nSPS) is 9.81. The van der Waals surface area contributed by atoms with E-state index in [2.05, 4.69) is 20.3 Å². The van der Waals surface area contributed by atoms with Gasteiger partial charge in [0.1, 0.15) is 0 Å². The lowest BCUT2D eigenvalue weighted by molar-refractivity contribution is -0.141. The van der Waals surface area contributed by atoms with Crippen molar-refractivity contribution < 1.29 is 19.5 Å². The van der Waals surface area contributed by atoms with Gasteiger partial charge in [0.2, 0.25) is 11.8 Å². The molecule has 0 aliphatic rings. The molecule has 0 spiro atoms. The molecular formula is C9H13N3O4. The fraction of sp³-hybridized carbons (Fsp3) is 0.444. The fourth-order valence-electron chi connectivity index (χ4n) is 0.841. The molecule has 0 atom stereocenters. The van der Waals surface area contributed by atoms with Crippen LogP contribution in [0.3, 0.4) is 0 Å². The highest BCUT2D eigenvalue weighted by molar-refractivity contribution is 5.68. The SMILES string of the molecule is CCCOc1ccnc(NOCC(=O)O)n1. The Morgan fingerprint density at radius 3 is 3.12 bits per heavy atom. The van der Waals surface area contributed by atoms with Crippen molar-refractivity contribution in [3.63, 3.8) is 0 Å². The van der Waals surface area contributed by atoms with Crippen LogP contribution in [0.5, 0.6) is 5.88 Å². The van der Waals surface area contributed by atoms with E-state index < -0.39 is 12.6 Å². The highest BCUT2D eigenvalue weighted by atomic mass is 16.7. The number of carboxylic acids is 1. The fourth-order valence-corrected chi connectivity index (χ4v) is 0.841. The number of ether oxygens (including phenoxy) is 1. The van der Waals surface area contributed by atoms with Gasteiger partial charge in [0.15, 0.2) is 6.61 Å². The zero-order chi connectivity index (χ0) is 11.8. The first-order valence-electron chi connectivity index (χ1n) is 4.78. The maximum atomic E-state index is 10.2. The average molecular weight is 227 g/mol. The molecule has 0 aliphatic heterocycles. The summed E-state index contributed by atoms with van der Waals surface area (Å²) in [7, 11) is 0. The molecular weight excluding hydrogens is 214 g/mol. The molecule has 0 unspecified atom stereocenters. The lowest BCUT2D eigenvalue weighted by Crippen LogP contribution is -2.13. The van der Waals surface area contributed by atoms with Gasteiger partial charge in [0.25, 0.3) is 0 Å². The van der Waals surface area contributed by atoms with E-state index in [1.165, 1.54) is 6.20 Å². The molecule has 1 aromatic heterocycles. The lowest BCUT2D eigenvalue weighted by atomic mass is 10.5. The van der Waals surface area contributed by atoms with Crippen LogP contribution in [0.2, 0.25) is 0 Å². The second-order valence-corrected chi connectivity index (χ2v) is 2.85. The van der Waals surface area contributed by atoms with Crippen molar-refractivity contribution in [2.24, 2.45) is 0 Å². The summed E-state index contributed by atoms with van der Waals surface area (Å²) in [5.74, 6) is -0.501. The van der Waals surface area contributed by atoms with Crippen LogP contribution >= 0.6 is 0 Å². The molecule has 16 heavy (non-hydrogen) atoms. The average Bonchev–Trinajstić information content (AvgIpc) is 2.26. The van der Waals surface area contributed by atoms with Gasteiger partial charge in [0.05, 0.1) is 6.61 Å². The minimum absolute atomic E-state index is 0.162. The standard InChI is InChI=1S/C9H13N3O4/c1-2-5-15-7-3-4-10-9(11-7)12-16-6-8(13)14/h3-4H,2,5-6H2,1H3,(H,13,14)(H,10,11,12).